The van der Waals surface area contributed by atoms with Gasteiger partial charge in [0.05, 0.1) is 53.8 Å². The molecule has 12 nitrogen and oxygen atoms in total. The van der Waals surface area contributed by atoms with E-state index in [0.29, 0.717) is 26.3 Å². The molecule has 0 spiro atoms. The van der Waals surface area contributed by atoms with Crippen LogP contribution in [-0.2, 0) is 14.2 Å². The summed E-state index contributed by atoms with van der Waals surface area (Å²) >= 11 is 0. The van der Waals surface area contributed by atoms with Crippen LogP contribution in [0.25, 0.3) is 0 Å². The molecule has 4 unspecified atom stereocenters. The molecule has 6 N–H and O–H groups in total. The molecule has 6 rings (SSSR count). The smallest absolute Gasteiger partial charge is 0.202 e. The van der Waals surface area contributed by atoms with Gasteiger partial charge in [-0.15, -0.1) is 0 Å². The maximum Gasteiger partial charge on any atom is 0.202 e. The number of aliphatic hydroxyl groups is 3. The predicted molar refractivity (Wildman–Crippen MR) is 145 cm³/mol. The second-order valence-electron chi connectivity index (χ2n) is 11.5. The molecule has 2 aromatic carbocycles. The second-order valence-corrected chi connectivity index (χ2v) is 11.5. The SMILES string of the molecule is CC[C@@]1(O)C[C@H](OC2CC(N3CCOCC3)C(O)C(C)O2)c2c(O)c3c(c(O)c2[C@H]1O)C(=O)c1cccc(O)c1C3=O. The van der Waals surface area contributed by atoms with Gasteiger partial charge < -0.3 is 44.8 Å². The highest BCUT2D eigenvalue weighted by molar-refractivity contribution is 6.31. The number of ketones is 2. The van der Waals surface area contributed by atoms with E-state index in [1.165, 1.54) is 18.2 Å². The summed E-state index contributed by atoms with van der Waals surface area (Å²) in [6.07, 6.45) is -5.23. The van der Waals surface area contributed by atoms with Gasteiger partial charge in [0.15, 0.2) is 12.1 Å². The average Bonchev–Trinajstić information content (AvgIpc) is 2.97. The number of benzene rings is 2. The summed E-state index contributed by atoms with van der Waals surface area (Å²) in [4.78, 5) is 29.2. The molecular formula is C30H35NO11. The number of carbonyl (C=O) groups is 2. The minimum atomic E-state index is -1.82. The molecule has 0 radical (unpaired) electrons. The highest BCUT2D eigenvalue weighted by Crippen LogP contribution is 2.56. The number of phenols is 3. The molecule has 12 heteroatoms. The first-order valence-corrected chi connectivity index (χ1v) is 14.2. The summed E-state index contributed by atoms with van der Waals surface area (Å²) in [6.45, 7) is 5.61. The fourth-order valence-electron chi connectivity index (χ4n) is 6.86. The zero-order chi connectivity index (χ0) is 30.1. The van der Waals surface area contributed by atoms with Gasteiger partial charge in [0.25, 0.3) is 0 Å². The van der Waals surface area contributed by atoms with Crippen LogP contribution in [0.5, 0.6) is 17.2 Å². The number of hydrogen-bond donors (Lipinski definition) is 6. The van der Waals surface area contributed by atoms with Crippen LogP contribution >= 0.6 is 0 Å². The Bertz CT molecular complexity index is 1440. The Morgan fingerprint density at radius 1 is 1.00 bits per heavy atom. The summed E-state index contributed by atoms with van der Waals surface area (Å²) in [5.74, 6) is -3.61. The number of morpholine rings is 1. The van der Waals surface area contributed by atoms with E-state index in [1.54, 1.807) is 13.8 Å². The third-order valence-electron chi connectivity index (χ3n) is 9.25. The number of fused-ring (bicyclic) bond motifs is 3. The van der Waals surface area contributed by atoms with E-state index in [9.17, 15) is 40.2 Å². The van der Waals surface area contributed by atoms with E-state index in [4.69, 9.17) is 14.2 Å². The van der Waals surface area contributed by atoms with Crippen molar-refractivity contribution in [3.8, 4) is 17.2 Å². The topological polar surface area (TPSA) is 186 Å². The molecule has 2 aliphatic heterocycles. The fraction of sp³-hybridized carbons (Fsp3) is 0.533. The summed E-state index contributed by atoms with van der Waals surface area (Å²) in [5.41, 5.74) is -3.80. The van der Waals surface area contributed by atoms with Gasteiger partial charge in [-0.25, -0.2) is 0 Å². The van der Waals surface area contributed by atoms with Crippen molar-refractivity contribution in [1.29, 1.82) is 0 Å². The van der Waals surface area contributed by atoms with Gasteiger partial charge in [-0.1, -0.05) is 19.1 Å². The third-order valence-corrected chi connectivity index (χ3v) is 9.25. The van der Waals surface area contributed by atoms with Gasteiger partial charge in [-0.2, -0.15) is 0 Å². The number of nitrogens with zero attached hydrogens (tertiary/aromatic N) is 1. The molecule has 4 aliphatic rings. The van der Waals surface area contributed by atoms with Crippen LogP contribution in [0.15, 0.2) is 18.2 Å². The molecule has 2 aliphatic carbocycles. The lowest BCUT2D eigenvalue weighted by atomic mass is 9.70. The minimum absolute atomic E-state index is 0.0331. The Labute approximate surface area is 241 Å². The molecule has 42 heavy (non-hydrogen) atoms. The van der Waals surface area contributed by atoms with Crippen LogP contribution < -0.4 is 0 Å². The van der Waals surface area contributed by atoms with Gasteiger partial charge in [0.2, 0.25) is 5.78 Å². The van der Waals surface area contributed by atoms with E-state index in [0.717, 1.165) is 0 Å². The number of carbonyl (C=O) groups excluding carboxylic acids is 2. The first kappa shape index (κ1) is 29.0. The first-order chi connectivity index (χ1) is 20.0. The number of phenolic OH excluding ortho intramolecular Hbond substituents is 3. The van der Waals surface area contributed by atoms with Crippen molar-refractivity contribution in [2.24, 2.45) is 0 Å². The Morgan fingerprint density at radius 2 is 1.67 bits per heavy atom. The van der Waals surface area contributed by atoms with Crippen LogP contribution in [0.1, 0.15) is 88.3 Å². The predicted octanol–water partition coefficient (Wildman–Crippen LogP) is 1.41. The van der Waals surface area contributed by atoms with Crippen molar-refractivity contribution in [3.05, 3.63) is 51.6 Å². The molecule has 2 fully saturated rings. The molecule has 2 aromatic rings. The largest absolute Gasteiger partial charge is 0.507 e. The average molecular weight is 586 g/mol. The fourth-order valence-corrected chi connectivity index (χ4v) is 6.86. The standard InChI is InChI=1S/C30H35NO11/c1-3-30(39)12-17(42-18-11-15(24(33)13(2)41-18)31-7-9-40-10-8-31)20-23(29(30)38)28(37)21-22(27(20)36)26(35)19-14(25(21)34)5-4-6-16(19)32/h4-6,13,15,17-18,24,29,32-33,36-39H,3,7-12H2,1-2H3/t13?,15?,17-,18?,24?,29+,30+/m0/s1. The maximum atomic E-state index is 13.6. The molecule has 2 heterocycles. The normalized spacial score (nSPS) is 33.2. The monoisotopic (exact) mass is 585 g/mol. The van der Waals surface area contributed by atoms with Crippen LogP contribution in [-0.4, -0.2) is 104 Å². The quantitative estimate of drug-likeness (QED) is 0.242. The van der Waals surface area contributed by atoms with Crippen LogP contribution in [0, 0.1) is 0 Å². The van der Waals surface area contributed by atoms with Gasteiger partial charge in [-0.05, 0) is 19.4 Å². The molecule has 0 aromatic heterocycles. The minimum Gasteiger partial charge on any atom is -0.507 e. The molecule has 7 atom stereocenters. The molecule has 0 saturated carbocycles. The Balaban J connectivity index is 1.44. The first-order valence-electron chi connectivity index (χ1n) is 14.2. The zero-order valence-electron chi connectivity index (χ0n) is 23.3. The van der Waals surface area contributed by atoms with Crippen molar-refractivity contribution in [1.82, 2.24) is 4.90 Å². The number of ether oxygens (including phenoxy) is 3. The van der Waals surface area contributed by atoms with Gasteiger partial charge >= 0.3 is 0 Å². The van der Waals surface area contributed by atoms with Crippen molar-refractivity contribution in [2.75, 3.05) is 26.3 Å². The van der Waals surface area contributed by atoms with Gasteiger partial charge in [-0.3, -0.25) is 14.5 Å². The molecule has 0 amide bonds. The highest BCUT2D eigenvalue weighted by atomic mass is 16.7. The summed E-state index contributed by atoms with van der Waals surface area (Å²) in [6, 6.07) is 3.60. The number of hydrogen-bond acceptors (Lipinski definition) is 12. The van der Waals surface area contributed by atoms with Crippen molar-refractivity contribution in [3.63, 3.8) is 0 Å². The van der Waals surface area contributed by atoms with E-state index in [1.807, 2.05) is 0 Å². The van der Waals surface area contributed by atoms with Gasteiger partial charge in [0.1, 0.15) is 23.4 Å². The van der Waals surface area contributed by atoms with Crippen LogP contribution in [0.4, 0.5) is 0 Å². The van der Waals surface area contributed by atoms with Crippen molar-refractivity contribution in [2.45, 2.75) is 75.5 Å². The summed E-state index contributed by atoms with van der Waals surface area (Å²) in [5, 5.41) is 67.1. The zero-order valence-corrected chi connectivity index (χ0v) is 23.3. The van der Waals surface area contributed by atoms with Crippen molar-refractivity contribution < 1.29 is 54.4 Å². The molecule has 0 bridgehead atoms. The maximum absolute atomic E-state index is 13.6. The summed E-state index contributed by atoms with van der Waals surface area (Å²) < 4.78 is 17.8. The van der Waals surface area contributed by atoms with Crippen LogP contribution in [0.3, 0.4) is 0 Å². The van der Waals surface area contributed by atoms with E-state index < -0.39 is 76.2 Å². The van der Waals surface area contributed by atoms with E-state index >= 15 is 0 Å². The Kier molecular flexibility index (Phi) is 7.29. The van der Waals surface area contributed by atoms with Gasteiger partial charge in [0, 0.05) is 48.7 Å². The van der Waals surface area contributed by atoms with E-state index in [2.05, 4.69) is 4.90 Å². The second kappa shape index (κ2) is 10.6. The number of rotatable bonds is 4. The number of aromatic hydroxyl groups is 3. The molecule has 226 valence electrons. The number of aliphatic hydroxyl groups excluding tert-OH is 2. The Morgan fingerprint density at radius 3 is 2.36 bits per heavy atom. The lowest BCUT2D eigenvalue weighted by Crippen LogP contribution is -2.58. The lowest BCUT2D eigenvalue weighted by Gasteiger charge is -2.47. The Hall–Kier alpha value is -3.10. The highest BCUT2D eigenvalue weighted by Gasteiger charge is 2.52. The lowest BCUT2D eigenvalue weighted by molar-refractivity contribution is -0.264. The van der Waals surface area contributed by atoms with Crippen molar-refractivity contribution >= 4 is 11.6 Å². The third kappa shape index (κ3) is 4.32. The molecular weight excluding hydrogens is 550 g/mol. The van der Waals surface area contributed by atoms with Crippen LogP contribution in [0.2, 0.25) is 0 Å². The summed E-state index contributed by atoms with van der Waals surface area (Å²) in [7, 11) is 0. The van der Waals surface area contributed by atoms with E-state index in [-0.39, 0.29) is 47.6 Å². The molecule has 2 saturated heterocycles.